The lowest BCUT2D eigenvalue weighted by Crippen LogP contribution is -2.24. The Morgan fingerprint density at radius 2 is 2.44 bits per heavy atom. The van der Waals surface area contributed by atoms with Gasteiger partial charge in [-0.15, -0.1) is 0 Å². The Labute approximate surface area is 95.2 Å². The van der Waals surface area contributed by atoms with Crippen molar-refractivity contribution in [2.24, 2.45) is 5.92 Å². The van der Waals surface area contributed by atoms with Crippen molar-refractivity contribution >= 4 is 12.3 Å². The van der Waals surface area contributed by atoms with Crippen molar-refractivity contribution in [3.05, 3.63) is 23.8 Å². The Kier molecular flexibility index (Phi) is 4.92. The van der Waals surface area contributed by atoms with Crippen molar-refractivity contribution in [2.45, 2.75) is 12.8 Å². The lowest BCUT2D eigenvalue weighted by molar-refractivity contribution is -0.137. The zero-order valence-corrected chi connectivity index (χ0v) is 9.43. The summed E-state index contributed by atoms with van der Waals surface area (Å²) in [5, 5.41) is 8.54. The number of carbonyl (C=O) groups is 2. The van der Waals surface area contributed by atoms with Gasteiger partial charge in [-0.05, 0) is 19.0 Å². The Morgan fingerprint density at radius 3 is 2.94 bits per heavy atom. The average molecular weight is 223 g/mol. The first-order chi connectivity index (χ1) is 7.61. The van der Waals surface area contributed by atoms with E-state index in [-0.39, 0.29) is 12.3 Å². The minimum Gasteiger partial charge on any atom is -0.481 e. The van der Waals surface area contributed by atoms with E-state index in [0.717, 1.165) is 24.8 Å². The predicted molar refractivity (Wildman–Crippen MR) is 61.1 cm³/mol. The highest BCUT2D eigenvalue weighted by atomic mass is 16.4. The maximum Gasteiger partial charge on any atom is 0.304 e. The smallest absolute Gasteiger partial charge is 0.304 e. The standard InChI is InChI=1S/C12H17NO3/c1-13(7-6-12(15)16)8-10-2-4-11(9-14)5-3-10/h2-4,9,11H,5-8H2,1H3,(H,15,16)/t11-/m1/s1. The van der Waals surface area contributed by atoms with E-state index < -0.39 is 5.97 Å². The molecule has 4 nitrogen and oxygen atoms in total. The molecule has 1 aliphatic carbocycles. The predicted octanol–water partition coefficient (Wildman–Crippen LogP) is 1.09. The van der Waals surface area contributed by atoms with Gasteiger partial charge in [0.25, 0.3) is 0 Å². The average Bonchev–Trinajstić information content (AvgIpc) is 2.27. The number of nitrogens with zero attached hydrogens (tertiary/aromatic N) is 1. The maximum atomic E-state index is 10.5. The van der Waals surface area contributed by atoms with Crippen LogP contribution in [-0.4, -0.2) is 42.4 Å². The molecule has 0 heterocycles. The molecule has 1 N–H and O–H groups in total. The van der Waals surface area contributed by atoms with Gasteiger partial charge < -0.3 is 14.8 Å². The Bertz CT molecular complexity index is 320. The molecule has 0 aromatic heterocycles. The molecule has 16 heavy (non-hydrogen) atoms. The van der Waals surface area contributed by atoms with Crippen LogP contribution in [0.4, 0.5) is 0 Å². The van der Waals surface area contributed by atoms with Crippen LogP contribution >= 0.6 is 0 Å². The van der Waals surface area contributed by atoms with Crippen molar-refractivity contribution in [1.29, 1.82) is 0 Å². The summed E-state index contributed by atoms with van der Waals surface area (Å²) in [5.74, 6) is -0.769. The third-order valence-electron chi connectivity index (χ3n) is 2.54. The molecule has 88 valence electrons. The van der Waals surface area contributed by atoms with Crippen molar-refractivity contribution in [1.82, 2.24) is 4.90 Å². The van der Waals surface area contributed by atoms with Crippen LogP contribution in [-0.2, 0) is 9.59 Å². The van der Waals surface area contributed by atoms with Crippen molar-refractivity contribution in [3.8, 4) is 0 Å². The number of carboxylic acids is 1. The maximum absolute atomic E-state index is 10.5. The summed E-state index contributed by atoms with van der Waals surface area (Å²) in [6.07, 6.45) is 7.73. The number of rotatable bonds is 6. The van der Waals surface area contributed by atoms with E-state index >= 15 is 0 Å². The zero-order valence-electron chi connectivity index (χ0n) is 9.43. The number of allylic oxidation sites excluding steroid dienone is 2. The van der Waals surface area contributed by atoms with Gasteiger partial charge in [0.2, 0.25) is 0 Å². The van der Waals surface area contributed by atoms with Gasteiger partial charge in [-0.2, -0.15) is 0 Å². The lowest BCUT2D eigenvalue weighted by atomic mass is 9.98. The van der Waals surface area contributed by atoms with Gasteiger partial charge in [0.05, 0.1) is 6.42 Å². The molecule has 0 aliphatic heterocycles. The van der Waals surface area contributed by atoms with Crippen LogP contribution < -0.4 is 0 Å². The summed E-state index contributed by atoms with van der Waals surface area (Å²) < 4.78 is 0. The molecule has 0 aromatic rings. The van der Waals surface area contributed by atoms with Gasteiger partial charge in [-0.25, -0.2) is 0 Å². The normalized spacial score (nSPS) is 19.6. The lowest BCUT2D eigenvalue weighted by Gasteiger charge is -2.18. The molecule has 0 saturated carbocycles. The molecule has 4 heteroatoms. The molecule has 0 amide bonds. The van der Waals surface area contributed by atoms with Crippen LogP contribution in [0.5, 0.6) is 0 Å². The summed E-state index contributed by atoms with van der Waals surface area (Å²) >= 11 is 0. The molecule has 0 saturated heterocycles. The minimum absolute atomic E-state index is 0.00748. The highest BCUT2D eigenvalue weighted by molar-refractivity contribution is 5.66. The van der Waals surface area contributed by atoms with Gasteiger partial charge in [0.15, 0.2) is 0 Å². The Balaban J connectivity index is 2.33. The molecule has 0 unspecified atom stereocenters. The Hall–Kier alpha value is -1.42. The number of hydrogen-bond acceptors (Lipinski definition) is 3. The Morgan fingerprint density at radius 1 is 1.69 bits per heavy atom. The number of aliphatic carboxylic acids is 1. The van der Waals surface area contributed by atoms with Crippen LogP contribution in [0.3, 0.4) is 0 Å². The van der Waals surface area contributed by atoms with Crippen LogP contribution in [0, 0.1) is 5.92 Å². The molecule has 0 fully saturated rings. The second-order valence-electron chi connectivity index (χ2n) is 4.06. The van der Waals surface area contributed by atoms with E-state index in [1.165, 1.54) is 0 Å². The third-order valence-corrected chi connectivity index (χ3v) is 2.54. The fraction of sp³-hybridized carbons (Fsp3) is 0.500. The highest BCUT2D eigenvalue weighted by Crippen LogP contribution is 2.15. The van der Waals surface area contributed by atoms with Crippen molar-refractivity contribution in [2.75, 3.05) is 20.1 Å². The zero-order chi connectivity index (χ0) is 12.0. The summed E-state index contributed by atoms with van der Waals surface area (Å²) in [4.78, 5) is 22.9. The van der Waals surface area contributed by atoms with E-state index in [0.29, 0.717) is 6.54 Å². The molecular formula is C12H17NO3. The van der Waals surface area contributed by atoms with Crippen LogP contribution in [0.2, 0.25) is 0 Å². The number of aldehydes is 1. The topological polar surface area (TPSA) is 57.6 Å². The molecule has 1 atom stereocenters. The number of carbonyl (C=O) groups excluding carboxylic acids is 1. The van der Waals surface area contributed by atoms with Gasteiger partial charge >= 0.3 is 5.97 Å². The highest BCUT2D eigenvalue weighted by Gasteiger charge is 2.09. The molecule has 0 aromatic carbocycles. The monoisotopic (exact) mass is 223 g/mol. The summed E-state index contributed by atoms with van der Waals surface area (Å²) in [5.41, 5.74) is 1.14. The SMILES string of the molecule is CN(CCC(=O)O)CC1=CC[C@H](C=O)C=C1. The summed E-state index contributed by atoms with van der Waals surface area (Å²) in [6.45, 7) is 1.27. The van der Waals surface area contributed by atoms with E-state index in [4.69, 9.17) is 5.11 Å². The van der Waals surface area contributed by atoms with E-state index in [2.05, 4.69) is 0 Å². The number of likely N-dealkylation sites (N-methyl/N-ethyl adjacent to an activating group) is 1. The fourth-order valence-electron chi connectivity index (χ4n) is 1.58. The van der Waals surface area contributed by atoms with Crippen molar-refractivity contribution < 1.29 is 14.7 Å². The van der Waals surface area contributed by atoms with Gasteiger partial charge in [-0.1, -0.05) is 18.2 Å². The second-order valence-corrected chi connectivity index (χ2v) is 4.06. The van der Waals surface area contributed by atoms with Crippen LogP contribution in [0.1, 0.15) is 12.8 Å². The van der Waals surface area contributed by atoms with Gasteiger partial charge in [-0.3, -0.25) is 4.79 Å². The van der Waals surface area contributed by atoms with Gasteiger partial charge in [0, 0.05) is 19.0 Å². The summed E-state index contributed by atoms with van der Waals surface area (Å²) in [7, 11) is 1.89. The molecule has 0 spiro atoms. The molecular weight excluding hydrogens is 206 g/mol. The van der Waals surface area contributed by atoms with Gasteiger partial charge in [0.1, 0.15) is 6.29 Å². The first kappa shape index (κ1) is 12.6. The molecule has 0 radical (unpaired) electrons. The molecule has 0 bridgehead atoms. The first-order valence-electron chi connectivity index (χ1n) is 5.34. The minimum atomic E-state index is -0.777. The third kappa shape index (κ3) is 4.40. The van der Waals surface area contributed by atoms with Crippen molar-refractivity contribution in [3.63, 3.8) is 0 Å². The number of hydrogen-bond donors (Lipinski definition) is 1. The quantitative estimate of drug-likeness (QED) is 0.685. The van der Waals surface area contributed by atoms with Crippen LogP contribution in [0.15, 0.2) is 23.8 Å². The second kappa shape index (κ2) is 6.23. The molecule has 1 aliphatic rings. The van der Waals surface area contributed by atoms with E-state index in [1.807, 2.05) is 30.2 Å². The fourth-order valence-corrected chi connectivity index (χ4v) is 1.58. The van der Waals surface area contributed by atoms with E-state index in [1.54, 1.807) is 0 Å². The number of carboxylic acid groups (broad SMARTS) is 1. The summed E-state index contributed by atoms with van der Waals surface area (Å²) in [6, 6.07) is 0. The first-order valence-corrected chi connectivity index (χ1v) is 5.34. The van der Waals surface area contributed by atoms with E-state index in [9.17, 15) is 9.59 Å². The largest absolute Gasteiger partial charge is 0.481 e. The molecule has 1 rings (SSSR count). The van der Waals surface area contributed by atoms with Crippen LogP contribution in [0.25, 0.3) is 0 Å².